The SMILES string of the molecule is C=CCN1C(=O)N[C@H](c2ccc(C)cc2)C2=C1CN([C@@H](Cc1ccccc1)C(=O)NC)C2=O. The quantitative estimate of drug-likeness (QED) is 0.645. The van der Waals surface area contributed by atoms with Gasteiger partial charge in [0, 0.05) is 20.0 Å². The Morgan fingerprint density at radius 2 is 1.88 bits per heavy atom. The fourth-order valence-electron chi connectivity index (χ4n) is 4.44. The number of likely N-dealkylation sites (N-methyl/N-ethyl adjacent to an activating group) is 1. The average molecular weight is 445 g/mol. The van der Waals surface area contributed by atoms with Crippen LogP contribution in [0.1, 0.15) is 22.7 Å². The van der Waals surface area contributed by atoms with Gasteiger partial charge >= 0.3 is 6.03 Å². The fraction of sp³-hybridized carbons (Fsp3) is 0.269. The van der Waals surface area contributed by atoms with Gasteiger partial charge in [-0.2, -0.15) is 0 Å². The van der Waals surface area contributed by atoms with Gasteiger partial charge in [0.15, 0.2) is 0 Å². The highest BCUT2D eigenvalue weighted by molar-refractivity contribution is 6.03. The molecule has 0 fully saturated rings. The van der Waals surface area contributed by atoms with Gasteiger partial charge in [-0.1, -0.05) is 66.2 Å². The van der Waals surface area contributed by atoms with E-state index in [1.807, 2.05) is 61.5 Å². The summed E-state index contributed by atoms with van der Waals surface area (Å²) in [7, 11) is 1.57. The minimum atomic E-state index is -0.699. The van der Waals surface area contributed by atoms with Crippen LogP contribution in [0.25, 0.3) is 0 Å². The van der Waals surface area contributed by atoms with Crippen molar-refractivity contribution in [3.63, 3.8) is 0 Å². The van der Waals surface area contributed by atoms with Gasteiger partial charge in [0.05, 0.1) is 23.9 Å². The lowest BCUT2D eigenvalue weighted by molar-refractivity contribution is -0.136. The fourth-order valence-corrected chi connectivity index (χ4v) is 4.44. The van der Waals surface area contributed by atoms with Crippen molar-refractivity contribution in [2.45, 2.75) is 25.4 Å². The van der Waals surface area contributed by atoms with Gasteiger partial charge < -0.3 is 15.5 Å². The van der Waals surface area contributed by atoms with E-state index in [1.54, 1.807) is 18.0 Å². The summed E-state index contributed by atoms with van der Waals surface area (Å²) in [6.45, 7) is 6.20. The first-order valence-electron chi connectivity index (χ1n) is 11.0. The van der Waals surface area contributed by atoms with Gasteiger partial charge in [0.2, 0.25) is 5.91 Å². The third-order valence-electron chi connectivity index (χ3n) is 6.17. The van der Waals surface area contributed by atoms with Gasteiger partial charge in [0.1, 0.15) is 6.04 Å². The Hall–Kier alpha value is -3.87. The maximum atomic E-state index is 13.8. The van der Waals surface area contributed by atoms with Gasteiger partial charge in [-0.25, -0.2) is 4.79 Å². The minimum Gasteiger partial charge on any atom is -0.357 e. The molecule has 33 heavy (non-hydrogen) atoms. The number of rotatable bonds is 7. The molecule has 2 aromatic carbocycles. The molecule has 7 nitrogen and oxygen atoms in total. The molecule has 0 saturated heterocycles. The molecular weight excluding hydrogens is 416 g/mol. The van der Waals surface area contributed by atoms with Crippen molar-refractivity contribution in [1.82, 2.24) is 20.4 Å². The Morgan fingerprint density at radius 3 is 2.52 bits per heavy atom. The van der Waals surface area contributed by atoms with E-state index in [4.69, 9.17) is 0 Å². The van der Waals surface area contributed by atoms with Crippen LogP contribution in [0, 0.1) is 6.92 Å². The van der Waals surface area contributed by atoms with Crippen molar-refractivity contribution in [2.24, 2.45) is 0 Å². The number of hydrogen-bond acceptors (Lipinski definition) is 3. The Bertz CT molecular complexity index is 1110. The molecule has 7 heteroatoms. The molecule has 0 aliphatic carbocycles. The van der Waals surface area contributed by atoms with Gasteiger partial charge in [-0.3, -0.25) is 14.5 Å². The Labute approximate surface area is 193 Å². The second-order valence-electron chi connectivity index (χ2n) is 8.31. The zero-order valence-corrected chi connectivity index (χ0v) is 18.9. The highest BCUT2D eigenvalue weighted by atomic mass is 16.2. The number of nitrogens with one attached hydrogen (secondary N) is 2. The minimum absolute atomic E-state index is 0.183. The molecule has 4 rings (SSSR count). The molecule has 2 aromatic rings. The summed E-state index contributed by atoms with van der Waals surface area (Å²) < 4.78 is 0. The number of carbonyl (C=O) groups excluding carboxylic acids is 3. The number of amides is 4. The molecule has 0 bridgehead atoms. The Morgan fingerprint density at radius 1 is 1.18 bits per heavy atom. The number of nitrogens with zero attached hydrogens (tertiary/aromatic N) is 2. The van der Waals surface area contributed by atoms with Crippen LogP contribution in [0.2, 0.25) is 0 Å². The predicted molar refractivity (Wildman–Crippen MR) is 126 cm³/mol. The molecule has 2 N–H and O–H groups in total. The monoisotopic (exact) mass is 444 g/mol. The molecule has 2 aliphatic rings. The molecule has 2 aliphatic heterocycles. The normalized spacial score (nSPS) is 18.7. The summed E-state index contributed by atoms with van der Waals surface area (Å²) in [5.41, 5.74) is 3.99. The Kier molecular flexibility index (Phi) is 6.31. The van der Waals surface area contributed by atoms with Crippen molar-refractivity contribution < 1.29 is 14.4 Å². The van der Waals surface area contributed by atoms with E-state index < -0.39 is 12.1 Å². The average Bonchev–Trinajstić information content (AvgIpc) is 3.16. The van der Waals surface area contributed by atoms with Crippen molar-refractivity contribution in [2.75, 3.05) is 20.1 Å². The zero-order valence-electron chi connectivity index (χ0n) is 18.9. The van der Waals surface area contributed by atoms with Crippen LogP contribution in [0.4, 0.5) is 4.79 Å². The van der Waals surface area contributed by atoms with Crippen LogP contribution >= 0.6 is 0 Å². The second-order valence-corrected chi connectivity index (χ2v) is 8.31. The lowest BCUT2D eigenvalue weighted by Crippen LogP contribution is -2.49. The van der Waals surface area contributed by atoms with Crippen LogP contribution < -0.4 is 10.6 Å². The van der Waals surface area contributed by atoms with Crippen molar-refractivity contribution in [3.8, 4) is 0 Å². The molecule has 0 radical (unpaired) electrons. The predicted octanol–water partition coefficient (Wildman–Crippen LogP) is 2.70. The van der Waals surface area contributed by atoms with E-state index in [0.29, 0.717) is 17.7 Å². The van der Waals surface area contributed by atoms with Crippen LogP contribution in [-0.2, 0) is 16.0 Å². The first-order chi connectivity index (χ1) is 15.9. The third-order valence-corrected chi connectivity index (χ3v) is 6.17. The number of hydrogen-bond donors (Lipinski definition) is 2. The molecule has 4 amide bonds. The third kappa shape index (κ3) is 4.26. The standard InChI is InChI=1S/C26H28N4O3/c1-4-14-29-21-16-30(20(24(31)27-3)15-18-8-6-5-7-9-18)25(32)22(21)23(28-26(29)33)19-12-10-17(2)11-13-19/h4-13,20,23H,1,14-16H2,2-3H3,(H,27,31)(H,28,33)/t20-,23+/m0/s1. The van der Waals surface area contributed by atoms with E-state index in [0.717, 1.165) is 16.7 Å². The van der Waals surface area contributed by atoms with E-state index >= 15 is 0 Å². The smallest absolute Gasteiger partial charge is 0.322 e. The van der Waals surface area contributed by atoms with Crippen molar-refractivity contribution in [1.29, 1.82) is 0 Å². The summed E-state index contributed by atoms with van der Waals surface area (Å²) >= 11 is 0. The van der Waals surface area contributed by atoms with E-state index in [-0.39, 0.29) is 30.9 Å². The molecule has 2 heterocycles. The molecule has 0 unspecified atom stereocenters. The largest absolute Gasteiger partial charge is 0.357 e. The number of urea groups is 1. The molecule has 170 valence electrons. The Balaban J connectivity index is 1.73. The number of aryl methyl sites for hydroxylation is 1. The van der Waals surface area contributed by atoms with Gasteiger partial charge in [0.25, 0.3) is 5.91 Å². The van der Waals surface area contributed by atoms with E-state index in [9.17, 15) is 14.4 Å². The van der Waals surface area contributed by atoms with Crippen LogP contribution in [-0.4, -0.2) is 53.8 Å². The lowest BCUT2D eigenvalue weighted by Gasteiger charge is -2.33. The molecule has 0 saturated carbocycles. The van der Waals surface area contributed by atoms with Crippen LogP contribution in [0.3, 0.4) is 0 Å². The van der Waals surface area contributed by atoms with Crippen molar-refractivity contribution in [3.05, 3.63) is 95.2 Å². The van der Waals surface area contributed by atoms with Crippen LogP contribution in [0.15, 0.2) is 78.5 Å². The maximum Gasteiger partial charge on any atom is 0.322 e. The highest BCUT2D eigenvalue weighted by Crippen LogP contribution is 2.37. The molecular formula is C26H28N4O3. The number of benzene rings is 2. The second kappa shape index (κ2) is 9.32. The summed E-state index contributed by atoms with van der Waals surface area (Å²) in [4.78, 5) is 42.7. The maximum absolute atomic E-state index is 13.8. The molecule has 2 atom stereocenters. The molecule has 0 spiro atoms. The van der Waals surface area contributed by atoms with E-state index in [2.05, 4.69) is 17.2 Å². The first-order valence-corrected chi connectivity index (χ1v) is 11.0. The summed E-state index contributed by atoms with van der Waals surface area (Å²) in [5, 5.41) is 5.67. The summed E-state index contributed by atoms with van der Waals surface area (Å²) in [5.74, 6) is -0.484. The van der Waals surface area contributed by atoms with Gasteiger partial charge in [-0.15, -0.1) is 6.58 Å². The van der Waals surface area contributed by atoms with Gasteiger partial charge in [-0.05, 0) is 18.1 Å². The molecule has 0 aromatic heterocycles. The lowest BCUT2D eigenvalue weighted by atomic mass is 9.95. The summed E-state index contributed by atoms with van der Waals surface area (Å²) in [6.07, 6.45) is 2.01. The van der Waals surface area contributed by atoms with E-state index in [1.165, 1.54) is 4.90 Å². The topological polar surface area (TPSA) is 81.8 Å². The summed E-state index contributed by atoms with van der Waals surface area (Å²) in [6, 6.07) is 15.8. The first kappa shape index (κ1) is 22.3. The zero-order chi connectivity index (χ0) is 23.5. The number of carbonyl (C=O) groups is 3. The highest BCUT2D eigenvalue weighted by Gasteiger charge is 2.46. The van der Waals surface area contributed by atoms with Crippen molar-refractivity contribution >= 4 is 17.8 Å². The van der Waals surface area contributed by atoms with Crippen LogP contribution in [0.5, 0.6) is 0 Å².